The number of aryl methyl sites for hydroxylation is 1. The van der Waals surface area contributed by atoms with Crippen molar-refractivity contribution in [3.63, 3.8) is 0 Å². The molecule has 2 aromatic carbocycles. The van der Waals surface area contributed by atoms with E-state index in [9.17, 15) is 18.2 Å². The van der Waals surface area contributed by atoms with Crippen LogP contribution in [-0.2, 0) is 40.1 Å². The van der Waals surface area contributed by atoms with Crippen LogP contribution < -0.4 is 11.0 Å². The maximum atomic E-state index is 14.9. The molecule has 3 aromatic rings. The van der Waals surface area contributed by atoms with Gasteiger partial charge in [0.2, 0.25) is 0 Å². The molecule has 0 spiro atoms. The fourth-order valence-electron chi connectivity index (χ4n) is 3.68. The predicted molar refractivity (Wildman–Crippen MR) is 135 cm³/mol. The quantitative estimate of drug-likeness (QED) is 0.388. The molecule has 0 saturated carbocycles. The Kier molecular flexibility index (Phi) is 10.7. The molecule has 0 radical (unpaired) electrons. The molecular formula is C25H32FN3O5S. The van der Waals surface area contributed by atoms with Crippen LogP contribution in [0, 0.1) is 5.82 Å². The maximum Gasteiger partial charge on any atom is 0.261 e. The van der Waals surface area contributed by atoms with Crippen LogP contribution in [0.2, 0.25) is 0 Å². The summed E-state index contributed by atoms with van der Waals surface area (Å²) >= 11 is 0. The summed E-state index contributed by atoms with van der Waals surface area (Å²) in [5, 5.41) is 7.90. The van der Waals surface area contributed by atoms with Gasteiger partial charge in [-0.05, 0) is 41.3 Å². The smallest absolute Gasteiger partial charge is 0.261 e. The lowest BCUT2D eigenvalue weighted by Gasteiger charge is -2.13. The third kappa shape index (κ3) is 6.39. The van der Waals surface area contributed by atoms with Crippen LogP contribution in [0.25, 0.3) is 22.0 Å². The molecule has 10 heteroatoms. The van der Waals surface area contributed by atoms with Gasteiger partial charge in [0.1, 0.15) is 11.1 Å². The van der Waals surface area contributed by atoms with Crippen molar-refractivity contribution in [1.29, 1.82) is 0 Å². The van der Waals surface area contributed by atoms with Crippen LogP contribution in [0.1, 0.15) is 45.2 Å². The number of hydrogen-bond donors (Lipinski definition) is 2. The molecule has 0 fully saturated rings. The molecular weight excluding hydrogens is 473 g/mol. The Morgan fingerprint density at radius 2 is 1.89 bits per heavy atom. The molecule has 0 bridgehead atoms. The van der Waals surface area contributed by atoms with Crippen molar-refractivity contribution in [3.05, 3.63) is 64.0 Å². The number of hydroxylamine groups is 1. The predicted octanol–water partition coefficient (Wildman–Crippen LogP) is 3.93. The number of carbonyl (C=O) groups is 1. The number of aromatic nitrogens is 2. The Bertz CT molecular complexity index is 1260. The second kappa shape index (κ2) is 13.2. The van der Waals surface area contributed by atoms with E-state index in [0.717, 1.165) is 17.2 Å². The number of nitrogens with one attached hydrogen (secondary N) is 1. The third-order valence-corrected chi connectivity index (χ3v) is 6.63. The van der Waals surface area contributed by atoms with E-state index in [1.807, 2.05) is 45.9 Å². The van der Waals surface area contributed by atoms with E-state index in [1.54, 1.807) is 0 Å². The van der Waals surface area contributed by atoms with E-state index in [4.69, 9.17) is 9.94 Å². The molecule has 1 aliphatic heterocycles. The van der Waals surface area contributed by atoms with Gasteiger partial charge in [0.25, 0.3) is 11.5 Å². The van der Waals surface area contributed by atoms with Gasteiger partial charge in [-0.2, -0.15) is 0 Å². The van der Waals surface area contributed by atoms with Gasteiger partial charge in [0, 0.05) is 29.2 Å². The summed E-state index contributed by atoms with van der Waals surface area (Å²) in [7, 11) is -1.55. The van der Waals surface area contributed by atoms with Crippen LogP contribution in [0.4, 0.5) is 4.39 Å². The first-order chi connectivity index (χ1) is 16.9. The summed E-state index contributed by atoms with van der Waals surface area (Å²) < 4.78 is 33.3. The SMILES string of the molecule is CC.CC.CS(=O)C(CCn1cnc2cc(-c3ccc4c(c3)COC4)c(F)cc2c1=O)C(=O)NO. The van der Waals surface area contributed by atoms with Crippen LogP contribution in [-0.4, -0.2) is 36.4 Å². The number of hydrogen-bond acceptors (Lipinski definition) is 6. The Morgan fingerprint density at radius 1 is 1.20 bits per heavy atom. The molecule has 0 aliphatic carbocycles. The van der Waals surface area contributed by atoms with Gasteiger partial charge in [-0.1, -0.05) is 39.8 Å². The molecule has 190 valence electrons. The second-order valence-corrected chi connectivity index (χ2v) is 8.89. The Hall–Kier alpha value is -2.95. The zero-order chi connectivity index (χ0) is 26.1. The molecule has 0 saturated heterocycles. The number of nitrogens with zero attached hydrogens (tertiary/aromatic N) is 2. The summed E-state index contributed by atoms with van der Waals surface area (Å²) in [5.41, 5.74) is 4.46. The van der Waals surface area contributed by atoms with Crippen LogP contribution in [0.3, 0.4) is 0 Å². The second-order valence-electron chi connectivity index (χ2n) is 7.32. The number of rotatable bonds is 6. The highest BCUT2D eigenvalue weighted by molar-refractivity contribution is 7.85. The van der Waals surface area contributed by atoms with E-state index >= 15 is 0 Å². The summed E-state index contributed by atoms with van der Waals surface area (Å²) in [4.78, 5) is 28.7. The van der Waals surface area contributed by atoms with Crippen molar-refractivity contribution >= 4 is 27.6 Å². The largest absolute Gasteiger partial charge is 0.372 e. The molecule has 2 atom stereocenters. The van der Waals surface area contributed by atoms with E-state index in [2.05, 4.69) is 4.98 Å². The van der Waals surface area contributed by atoms with Crippen molar-refractivity contribution in [1.82, 2.24) is 15.0 Å². The normalized spacial score (nSPS) is 13.6. The minimum absolute atomic E-state index is 0.0353. The number of amides is 1. The van der Waals surface area contributed by atoms with Gasteiger partial charge in [0.05, 0.1) is 30.4 Å². The zero-order valence-corrected chi connectivity index (χ0v) is 21.4. The minimum atomic E-state index is -1.55. The average Bonchev–Trinajstić information content (AvgIpc) is 3.35. The monoisotopic (exact) mass is 505 g/mol. The van der Waals surface area contributed by atoms with Gasteiger partial charge in [-0.15, -0.1) is 0 Å². The van der Waals surface area contributed by atoms with Crippen molar-refractivity contribution in [2.75, 3.05) is 6.26 Å². The number of benzene rings is 2. The summed E-state index contributed by atoms with van der Waals surface area (Å²) in [6.07, 6.45) is 2.69. The number of carbonyl (C=O) groups excluding carboxylic acids is 1. The Morgan fingerprint density at radius 3 is 2.54 bits per heavy atom. The first-order valence-corrected chi connectivity index (χ1v) is 13.2. The molecule has 35 heavy (non-hydrogen) atoms. The fraction of sp³-hybridized carbons (Fsp3) is 0.400. The molecule has 2 heterocycles. The van der Waals surface area contributed by atoms with Crippen molar-refractivity contribution < 1.29 is 23.3 Å². The first kappa shape index (κ1) is 28.3. The fourth-order valence-corrected chi connectivity index (χ4v) is 4.47. The molecule has 2 unspecified atom stereocenters. The van der Waals surface area contributed by atoms with Gasteiger partial charge in [-0.3, -0.25) is 23.6 Å². The summed E-state index contributed by atoms with van der Waals surface area (Å²) in [6, 6.07) is 8.30. The number of fused-ring (bicyclic) bond motifs is 2. The molecule has 1 aliphatic rings. The minimum Gasteiger partial charge on any atom is -0.372 e. The molecule has 4 rings (SSSR count). The average molecular weight is 506 g/mol. The number of ether oxygens (including phenoxy) is 1. The summed E-state index contributed by atoms with van der Waals surface area (Å²) in [5.74, 6) is -1.34. The zero-order valence-electron chi connectivity index (χ0n) is 20.6. The van der Waals surface area contributed by atoms with Crippen LogP contribution in [0.5, 0.6) is 0 Å². The van der Waals surface area contributed by atoms with E-state index in [-0.39, 0.29) is 18.4 Å². The van der Waals surface area contributed by atoms with Gasteiger partial charge in [-0.25, -0.2) is 14.9 Å². The highest BCUT2D eigenvalue weighted by Gasteiger charge is 2.22. The van der Waals surface area contributed by atoms with Gasteiger partial charge >= 0.3 is 0 Å². The van der Waals surface area contributed by atoms with Gasteiger partial charge in [0.15, 0.2) is 0 Å². The lowest BCUT2D eigenvalue weighted by molar-refractivity contribution is -0.128. The number of halogens is 1. The van der Waals surface area contributed by atoms with Crippen LogP contribution >= 0.6 is 0 Å². The standard InChI is InChI=1S/C21H20FN3O5S.2C2H6/c1-31(29)19(20(26)24-28)4-5-25-11-23-18-8-15(17(22)7-16(18)21(25)27)12-2-3-13-9-30-10-14(13)6-12;2*1-2/h2-3,6-8,11,19,28H,4-5,9-10H2,1H3,(H,24,26);2*1-2H3. The highest BCUT2D eigenvalue weighted by atomic mass is 32.2. The summed E-state index contributed by atoms with van der Waals surface area (Å²) in [6.45, 7) is 9.07. The highest BCUT2D eigenvalue weighted by Crippen LogP contribution is 2.30. The molecule has 1 aromatic heterocycles. The van der Waals surface area contributed by atoms with E-state index < -0.39 is 33.3 Å². The maximum absolute atomic E-state index is 14.9. The van der Waals surface area contributed by atoms with Crippen molar-refractivity contribution in [2.24, 2.45) is 0 Å². The van der Waals surface area contributed by atoms with Gasteiger partial charge < -0.3 is 4.74 Å². The van der Waals surface area contributed by atoms with E-state index in [0.29, 0.717) is 29.9 Å². The first-order valence-electron chi connectivity index (χ1n) is 11.5. The Labute approximate surface area is 206 Å². The molecule has 8 nitrogen and oxygen atoms in total. The lowest BCUT2D eigenvalue weighted by atomic mass is 9.99. The van der Waals surface area contributed by atoms with Crippen LogP contribution in [0.15, 0.2) is 41.5 Å². The van der Waals surface area contributed by atoms with Crippen molar-refractivity contribution in [3.8, 4) is 11.1 Å². The lowest BCUT2D eigenvalue weighted by Crippen LogP contribution is -2.36. The molecule has 1 amide bonds. The topological polar surface area (TPSA) is 111 Å². The van der Waals surface area contributed by atoms with E-state index in [1.165, 1.54) is 28.7 Å². The third-order valence-electron chi connectivity index (χ3n) is 5.38. The Balaban J connectivity index is 0.00000103. The van der Waals surface area contributed by atoms with Crippen molar-refractivity contribution in [2.45, 2.75) is 59.1 Å². The molecule has 2 N–H and O–H groups in total.